The number of fused-ring (bicyclic) bond motifs is 9. The zero-order valence-corrected chi connectivity index (χ0v) is 30.4. The van der Waals surface area contributed by atoms with Crippen LogP contribution in [0.25, 0.3) is 82.5 Å². The largest absolute Gasteiger partial charge is 0.310 e. The van der Waals surface area contributed by atoms with Crippen LogP contribution in [0.4, 0.5) is 17.1 Å². The highest BCUT2D eigenvalue weighted by atomic mass is 15.1. The van der Waals surface area contributed by atoms with Crippen LogP contribution in [0.15, 0.2) is 206 Å². The van der Waals surface area contributed by atoms with E-state index in [0.29, 0.717) is 0 Å². The summed E-state index contributed by atoms with van der Waals surface area (Å²) in [4.78, 5) is 12.6. The lowest BCUT2D eigenvalue weighted by Gasteiger charge is -2.28. The van der Waals surface area contributed by atoms with Gasteiger partial charge in [0.15, 0.2) is 0 Å². The van der Waals surface area contributed by atoms with Crippen molar-refractivity contribution in [2.45, 2.75) is 0 Å². The maximum Gasteiger partial charge on any atom is 0.0979 e. The molecule has 0 radical (unpaired) electrons. The summed E-state index contributed by atoms with van der Waals surface area (Å²) in [6, 6.07) is 71.2. The second-order valence-electron chi connectivity index (χ2n) is 14.2. The number of anilines is 3. The topological polar surface area (TPSA) is 34.0 Å². The molecule has 11 aromatic rings. The molecule has 2 aromatic heterocycles. The van der Waals surface area contributed by atoms with Gasteiger partial charge in [-0.3, -0.25) is 4.98 Å². The van der Waals surface area contributed by atoms with Crippen LogP contribution in [0.1, 0.15) is 0 Å². The lowest BCUT2D eigenvalue weighted by Crippen LogP contribution is -2.11. The molecule has 0 saturated carbocycles. The summed E-state index contributed by atoms with van der Waals surface area (Å²) >= 11 is 0. The van der Waals surface area contributed by atoms with E-state index in [1.165, 1.54) is 32.6 Å². The van der Waals surface area contributed by atoms with Crippen LogP contribution in [0, 0.1) is 0 Å². The summed E-state index contributed by atoms with van der Waals surface area (Å²) < 4.78 is 2.41. The van der Waals surface area contributed by atoms with E-state index in [1.54, 1.807) is 0 Å². The van der Waals surface area contributed by atoms with Crippen molar-refractivity contribution in [2.75, 3.05) is 4.90 Å². The van der Waals surface area contributed by atoms with Gasteiger partial charge < -0.3 is 9.47 Å². The molecule has 4 nitrogen and oxygen atoms in total. The first-order valence-electron chi connectivity index (χ1n) is 19.0. The van der Waals surface area contributed by atoms with Crippen molar-refractivity contribution in [1.82, 2.24) is 14.5 Å². The molecular formula is C52H34N4. The van der Waals surface area contributed by atoms with Crippen LogP contribution in [-0.4, -0.2) is 14.5 Å². The number of rotatable bonds is 6. The third-order valence-corrected chi connectivity index (χ3v) is 11.0. The quantitative estimate of drug-likeness (QED) is 0.161. The van der Waals surface area contributed by atoms with Gasteiger partial charge >= 0.3 is 0 Å². The van der Waals surface area contributed by atoms with E-state index >= 15 is 0 Å². The van der Waals surface area contributed by atoms with Gasteiger partial charge in [-0.05, 0) is 59.3 Å². The van der Waals surface area contributed by atoms with E-state index < -0.39 is 0 Å². The molecule has 0 N–H and O–H groups in total. The highest BCUT2D eigenvalue weighted by molar-refractivity contribution is 6.23. The smallest absolute Gasteiger partial charge is 0.0979 e. The molecule has 11 rings (SSSR count). The minimum atomic E-state index is 0.844. The molecule has 0 aliphatic carbocycles. The fourth-order valence-corrected chi connectivity index (χ4v) is 8.52. The second-order valence-corrected chi connectivity index (χ2v) is 14.2. The Bertz CT molecular complexity index is 3170. The van der Waals surface area contributed by atoms with Crippen molar-refractivity contribution in [3.05, 3.63) is 206 Å². The van der Waals surface area contributed by atoms with Crippen molar-refractivity contribution in [1.29, 1.82) is 0 Å². The standard InChI is InChI=1S/C52H34N4/c1-2-16-36(17-3-1)55(37-32-30-35(31-33-37)46-34-53-51-44-24-6-4-18-38(44)39-19-5-7-25-45(39)52(51)54-46)47-26-12-8-20-40(47)41-21-9-13-27-48(41)56-49-28-14-10-22-42(49)43-23-11-15-29-50(43)56/h1-34H. The summed E-state index contributed by atoms with van der Waals surface area (Å²) in [5, 5.41) is 7.10. The van der Waals surface area contributed by atoms with E-state index in [9.17, 15) is 0 Å². The Balaban J connectivity index is 1.06. The number of hydrogen-bond donors (Lipinski definition) is 0. The van der Waals surface area contributed by atoms with Crippen molar-refractivity contribution < 1.29 is 0 Å². The molecule has 0 spiro atoms. The second kappa shape index (κ2) is 13.1. The molecule has 0 aliphatic rings. The Morgan fingerprint density at radius 1 is 0.375 bits per heavy atom. The highest BCUT2D eigenvalue weighted by Crippen LogP contribution is 2.44. The lowest BCUT2D eigenvalue weighted by molar-refractivity contribution is 1.18. The normalized spacial score (nSPS) is 11.6. The van der Waals surface area contributed by atoms with Gasteiger partial charge in [0, 0.05) is 49.6 Å². The summed E-state index contributed by atoms with van der Waals surface area (Å²) in [6.07, 6.45) is 1.91. The first kappa shape index (κ1) is 31.9. The third kappa shape index (κ3) is 5.08. The Hall–Kier alpha value is -7.56. The van der Waals surface area contributed by atoms with E-state index in [-0.39, 0.29) is 0 Å². The Labute approximate surface area is 324 Å². The van der Waals surface area contributed by atoms with Crippen LogP contribution >= 0.6 is 0 Å². The van der Waals surface area contributed by atoms with Crippen LogP contribution in [0.3, 0.4) is 0 Å². The predicted molar refractivity (Wildman–Crippen MR) is 234 cm³/mol. The van der Waals surface area contributed by atoms with Gasteiger partial charge in [-0.1, -0.05) is 152 Å². The van der Waals surface area contributed by atoms with Gasteiger partial charge in [-0.2, -0.15) is 0 Å². The molecule has 4 heteroatoms. The summed E-state index contributed by atoms with van der Waals surface area (Å²) in [7, 11) is 0. The molecule has 0 atom stereocenters. The molecule has 0 unspecified atom stereocenters. The molecule has 56 heavy (non-hydrogen) atoms. The van der Waals surface area contributed by atoms with Crippen molar-refractivity contribution in [2.24, 2.45) is 0 Å². The van der Waals surface area contributed by atoms with Gasteiger partial charge in [0.1, 0.15) is 0 Å². The number of benzene rings is 9. The van der Waals surface area contributed by atoms with Crippen LogP contribution in [-0.2, 0) is 0 Å². The van der Waals surface area contributed by atoms with Gasteiger partial charge in [0.2, 0.25) is 0 Å². The van der Waals surface area contributed by atoms with Gasteiger partial charge in [0.05, 0.1) is 45.3 Å². The molecule has 0 saturated heterocycles. The highest BCUT2D eigenvalue weighted by Gasteiger charge is 2.21. The summed E-state index contributed by atoms with van der Waals surface area (Å²) in [6.45, 7) is 0. The predicted octanol–water partition coefficient (Wildman–Crippen LogP) is 13.8. The number of para-hydroxylation sites is 5. The average molecular weight is 715 g/mol. The minimum absolute atomic E-state index is 0.844. The molecular weight excluding hydrogens is 681 g/mol. The number of nitrogens with zero attached hydrogens (tertiary/aromatic N) is 4. The lowest BCUT2D eigenvalue weighted by atomic mass is 9.99. The number of aromatic nitrogens is 3. The van der Waals surface area contributed by atoms with Crippen LogP contribution in [0.5, 0.6) is 0 Å². The minimum Gasteiger partial charge on any atom is -0.310 e. The van der Waals surface area contributed by atoms with Gasteiger partial charge in [-0.15, -0.1) is 0 Å². The molecule has 0 bridgehead atoms. The van der Waals surface area contributed by atoms with Crippen molar-refractivity contribution >= 4 is 71.4 Å². The fourth-order valence-electron chi connectivity index (χ4n) is 8.52. The zero-order chi connectivity index (χ0) is 37.0. The molecule has 0 fully saturated rings. The van der Waals surface area contributed by atoms with E-state index in [2.05, 4.69) is 210 Å². The maximum atomic E-state index is 5.27. The van der Waals surface area contributed by atoms with Crippen molar-refractivity contribution in [3.63, 3.8) is 0 Å². The average Bonchev–Trinajstić information content (AvgIpc) is 3.61. The van der Waals surface area contributed by atoms with Gasteiger partial charge in [-0.25, -0.2) is 4.98 Å². The van der Waals surface area contributed by atoms with Crippen LogP contribution in [0.2, 0.25) is 0 Å². The monoisotopic (exact) mass is 714 g/mol. The Morgan fingerprint density at radius 2 is 0.875 bits per heavy atom. The maximum absolute atomic E-state index is 5.27. The molecule has 262 valence electrons. The SMILES string of the molecule is c1ccc(N(c2ccc(-c3cnc4c5ccccc5c5ccccc5c4n3)cc2)c2ccccc2-c2ccccc2-n2c3ccccc3c3ccccc32)cc1. The van der Waals surface area contributed by atoms with Crippen LogP contribution < -0.4 is 4.90 Å². The molecule has 2 heterocycles. The van der Waals surface area contributed by atoms with E-state index in [1.807, 2.05) is 6.20 Å². The summed E-state index contributed by atoms with van der Waals surface area (Å²) in [5.74, 6) is 0. The first-order valence-corrected chi connectivity index (χ1v) is 19.0. The molecule has 0 aliphatic heterocycles. The number of hydrogen-bond acceptors (Lipinski definition) is 3. The van der Waals surface area contributed by atoms with Gasteiger partial charge in [0.25, 0.3) is 0 Å². The van der Waals surface area contributed by atoms with E-state index in [4.69, 9.17) is 9.97 Å². The van der Waals surface area contributed by atoms with Crippen molar-refractivity contribution in [3.8, 4) is 28.1 Å². The summed E-state index contributed by atoms with van der Waals surface area (Å²) in [5.41, 5.74) is 12.7. The Morgan fingerprint density at radius 3 is 1.55 bits per heavy atom. The third-order valence-electron chi connectivity index (χ3n) is 11.0. The fraction of sp³-hybridized carbons (Fsp3) is 0. The molecule has 0 amide bonds. The van der Waals surface area contributed by atoms with E-state index in [0.717, 1.165) is 66.9 Å². The first-order chi connectivity index (χ1) is 27.8. The zero-order valence-electron chi connectivity index (χ0n) is 30.4. The Kier molecular flexibility index (Phi) is 7.46. The molecule has 9 aromatic carbocycles.